The van der Waals surface area contributed by atoms with Crippen molar-refractivity contribution in [1.82, 2.24) is 19.2 Å². The van der Waals surface area contributed by atoms with Crippen molar-refractivity contribution in [2.24, 2.45) is 0 Å². The molecule has 0 radical (unpaired) electrons. The fourth-order valence-corrected chi connectivity index (χ4v) is 5.23. The molecule has 1 saturated heterocycles. The fraction of sp³-hybridized carbons (Fsp3) is 0.318. The van der Waals surface area contributed by atoms with Gasteiger partial charge in [0.1, 0.15) is 5.82 Å². The molecule has 156 valence electrons. The molecule has 1 aliphatic rings. The molecule has 0 N–H and O–H groups in total. The minimum atomic E-state index is -3.49. The third kappa shape index (κ3) is 3.93. The van der Waals surface area contributed by atoms with E-state index in [1.165, 1.54) is 21.3 Å². The Kier molecular flexibility index (Phi) is 5.53. The lowest BCUT2D eigenvalue weighted by atomic mass is 10.2. The van der Waals surface area contributed by atoms with Crippen LogP contribution in [0.4, 0.5) is 0 Å². The maximum atomic E-state index is 12.8. The van der Waals surface area contributed by atoms with E-state index in [0.29, 0.717) is 24.5 Å². The van der Waals surface area contributed by atoms with Gasteiger partial charge in [0.15, 0.2) is 0 Å². The van der Waals surface area contributed by atoms with Crippen LogP contribution in [-0.2, 0) is 16.6 Å². The maximum Gasteiger partial charge on any atom is 0.254 e. The predicted octanol–water partition coefficient (Wildman–Crippen LogP) is 2.99. The standard InChI is InChI=1S/C22H24N4O3S/c1-16-19-7-3-4-8-20(19)24-21(23-16)15-25(2)22(27)17-9-11-18(12-10-17)30(28,29)26-13-5-6-14-26/h3-4,7-12H,5-6,13-15H2,1-2H3. The van der Waals surface area contributed by atoms with Crippen molar-refractivity contribution >= 4 is 26.8 Å². The van der Waals surface area contributed by atoms with Gasteiger partial charge in [-0.25, -0.2) is 18.4 Å². The summed E-state index contributed by atoms with van der Waals surface area (Å²) in [4.78, 5) is 23.7. The van der Waals surface area contributed by atoms with Crippen molar-refractivity contribution in [2.75, 3.05) is 20.1 Å². The van der Waals surface area contributed by atoms with Crippen LogP contribution in [-0.4, -0.2) is 53.6 Å². The van der Waals surface area contributed by atoms with Gasteiger partial charge in [-0.1, -0.05) is 18.2 Å². The Balaban J connectivity index is 1.50. The lowest BCUT2D eigenvalue weighted by Crippen LogP contribution is -2.28. The van der Waals surface area contributed by atoms with Crippen LogP contribution < -0.4 is 0 Å². The normalized spacial score (nSPS) is 14.9. The summed E-state index contributed by atoms with van der Waals surface area (Å²) in [5, 5.41) is 0.991. The highest BCUT2D eigenvalue weighted by atomic mass is 32.2. The van der Waals surface area contributed by atoms with Gasteiger partial charge in [-0.15, -0.1) is 0 Å². The molecular weight excluding hydrogens is 400 g/mol. The number of carbonyl (C=O) groups is 1. The molecule has 0 atom stereocenters. The summed E-state index contributed by atoms with van der Waals surface area (Å²) in [6.07, 6.45) is 1.77. The number of carbonyl (C=O) groups excluding carboxylic acids is 1. The van der Waals surface area contributed by atoms with Crippen molar-refractivity contribution in [3.63, 3.8) is 0 Å². The highest BCUT2D eigenvalue weighted by Crippen LogP contribution is 2.22. The minimum absolute atomic E-state index is 0.213. The Morgan fingerprint density at radius 2 is 1.70 bits per heavy atom. The second-order valence-corrected chi connectivity index (χ2v) is 9.48. The number of benzene rings is 2. The molecule has 0 saturated carbocycles. The number of hydrogen-bond acceptors (Lipinski definition) is 5. The van der Waals surface area contributed by atoms with Crippen LogP contribution in [0.1, 0.15) is 34.7 Å². The Morgan fingerprint density at radius 1 is 1.03 bits per heavy atom. The molecule has 4 rings (SSSR count). The van der Waals surface area contributed by atoms with Gasteiger partial charge < -0.3 is 4.90 Å². The average molecular weight is 425 g/mol. The number of aromatic nitrogens is 2. The van der Waals surface area contributed by atoms with E-state index < -0.39 is 10.0 Å². The quantitative estimate of drug-likeness (QED) is 0.629. The first-order valence-electron chi connectivity index (χ1n) is 9.94. The van der Waals surface area contributed by atoms with Crippen LogP contribution in [0.25, 0.3) is 10.9 Å². The molecular formula is C22H24N4O3S. The van der Waals surface area contributed by atoms with E-state index in [1.54, 1.807) is 19.2 Å². The van der Waals surface area contributed by atoms with Gasteiger partial charge in [-0.3, -0.25) is 4.79 Å². The molecule has 0 spiro atoms. The molecule has 0 unspecified atom stereocenters. The summed E-state index contributed by atoms with van der Waals surface area (Å²) < 4.78 is 26.8. The van der Waals surface area contributed by atoms with Crippen LogP contribution in [0.3, 0.4) is 0 Å². The zero-order valence-corrected chi connectivity index (χ0v) is 17.9. The number of sulfonamides is 1. The summed E-state index contributed by atoms with van der Waals surface area (Å²) >= 11 is 0. The van der Waals surface area contributed by atoms with E-state index in [1.807, 2.05) is 31.2 Å². The highest BCUT2D eigenvalue weighted by Gasteiger charge is 2.27. The monoisotopic (exact) mass is 424 g/mol. The topological polar surface area (TPSA) is 83.5 Å². The summed E-state index contributed by atoms with van der Waals surface area (Å²) in [7, 11) is -1.80. The molecule has 1 aromatic heterocycles. The molecule has 2 heterocycles. The van der Waals surface area contributed by atoms with Gasteiger partial charge in [0.2, 0.25) is 10.0 Å². The molecule has 30 heavy (non-hydrogen) atoms. The Hall–Kier alpha value is -2.84. The maximum absolute atomic E-state index is 12.8. The molecule has 0 bridgehead atoms. The fourth-order valence-electron chi connectivity index (χ4n) is 3.72. The van der Waals surface area contributed by atoms with Crippen molar-refractivity contribution in [1.29, 1.82) is 0 Å². The second kappa shape index (κ2) is 8.12. The van der Waals surface area contributed by atoms with E-state index in [4.69, 9.17) is 0 Å². The van der Waals surface area contributed by atoms with Gasteiger partial charge >= 0.3 is 0 Å². The van der Waals surface area contributed by atoms with E-state index >= 15 is 0 Å². The van der Waals surface area contributed by atoms with Crippen LogP contribution in [0.2, 0.25) is 0 Å². The highest BCUT2D eigenvalue weighted by molar-refractivity contribution is 7.89. The van der Waals surface area contributed by atoms with Crippen molar-refractivity contribution in [2.45, 2.75) is 31.2 Å². The van der Waals surface area contributed by atoms with Gasteiger partial charge in [0, 0.05) is 36.8 Å². The van der Waals surface area contributed by atoms with Gasteiger partial charge in [-0.2, -0.15) is 4.31 Å². The SMILES string of the molecule is Cc1nc(CN(C)C(=O)c2ccc(S(=O)(=O)N3CCCC3)cc2)nc2ccccc12. The lowest BCUT2D eigenvalue weighted by Gasteiger charge is -2.18. The number of amides is 1. The molecule has 1 fully saturated rings. The zero-order chi connectivity index (χ0) is 21.3. The summed E-state index contributed by atoms with van der Waals surface area (Å²) in [5.41, 5.74) is 2.14. The Labute approximate surface area is 176 Å². The Morgan fingerprint density at radius 3 is 2.40 bits per heavy atom. The molecule has 2 aromatic carbocycles. The van der Waals surface area contributed by atoms with Gasteiger partial charge in [0.05, 0.1) is 17.0 Å². The van der Waals surface area contributed by atoms with Crippen LogP contribution in [0.5, 0.6) is 0 Å². The number of aryl methyl sites for hydroxylation is 1. The zero-order valence-electron chi connectivity index (χ0n) is 17.1. The summed E-state index contributed by atoms with van der Waals surface area (Å²) in [6.45, 7) is 3.29. The first-order valence-corrected chi connectivity index (χ1v) is 11.4. The molecule has 3 aromatic rings. The van der Waals surface area contributed by atoms with Crippen LogP contribution in [0, 0.1) is 6.92 Å². The third-order valence-corrected chi connectivity index (χ3v) is 7.28. The van der Waals surface area contributed by atoms with E-state index in [-0.39, 0.29) is 17.3 Å². The lowest BCUT2D eigenvalue weighted by molar-refractivity contribution is 0.0781. The van der Waals surface area contributed by atoms with Gasteiger partial charge in [0.25, 0.3) is 5.91 Å². The second-order valence-electron chi connectivity index (χ2n) is 7.54. The smallest absolute Gasteiger partial charge is 0.254 e. The van der Waals surface area contributed by atoms with Crippen LogP contribution >= 0.6 is 0 Å². The number of hydrogen-bond donors (Lipinski definition) is 0. The summed E-state index contributed by atoms with van der Waals surface area (Å²) in [6, 6.07) is 13.9. The molecule has 8 heteroatoms. The number of nitrogens with zero attached hydrogens (tertiary/aromatic N) is 4. The summed E-state index contributed by atoms with van der Waals surface area (Å²) in [5.74, 6) is 0.352. The molecule has 0 aliphatic carbocycles. The van der Waals surface area contributed by atoms with E-state index in [0.717, 1.165) is 29.4 Å². The first kappa shape index (κ1) is 20.4. The average Bonchev–Trinajstić information content (AvgIpc) is 3.29. The van der Waals surface area contributed by atoms with E-state index in [9.17, 15) is 13.2 Å². The largest absolute Gasteiger partial charge is 0.334 e. The first-order chi connectivity index (χ1) is 14.4. The van der Waals surface area contributed by atoms with Crippen molar-refractivity contribution in [3.05, 3.63) is 65.6 Å². The molecule has 1 aliphatic heterocycles. The van der Waals surface area contributed by atoms with Crippen molar-refractivity contribution < 1.29 is 13.2 Å². The third-order valence-electron chi connectivity index (χ3n) is 5.37. The minimum Gasteiger partial charge on any atom is -0.334 e. The van der Waals surface area contributed by atoms with Crippen LogP contribution in [0.15, 0.2) is 53.4 Å². The number of para-hydroxylation sites is 1. The predicted molar refractivity (Wildman–Crippen MR) is 115 cm³/mol. The van der Waals surface area contributed by atoms with Crippen molar-refractivity contribution in [3.8, 4) is 0 Å². The Bertz CT molecular complexity index is 1190. The van der Waals surface area contributed by atoms with E-state index in [2.05, 4.69) is 9.97 Å². The molecule has 7 nitrogen and oxygen atoms in total. The molecule has 1 amide bonds. The van der Waals surface area contributed by atoms with Gasteiger partial charge in [-0.05, 0) is 50.1 Å². The number of fused-ring (bicyclic) bond motifs is 1. The number of rotatable bonds is 5.